The first-order chi connectivity index (χ1) is 14.7. The van der Waals surface area contributed by atoms with Crippen LogP contribution in [0.3, 0.4) is 0 Å². The molecule has 2 aromatic rings. The summed E-state index contributed by atoms with van der Waals surface area (Å²) in [6, 6.07) is 10.5. The summed E-state index contributed by atoms with van der Waals surface area (Å²) < 4.78 is 33.6. The third-order valence-corrected chi connectivity index (χ3v) is 6.62. The van der Waals surface area contributed by atoms with Crippen LogP contribution in [0.2, 0.25) is 0 Å². The predicted octanol–water partition coefficient (Wildman–Crippen LogP) is 3.33. The van der Waals surface area contributed by atoms with Crippen molar-refractivity contribution in [3.8, 4) is 5.75 Å². The number of benzene rings is 2. The van der Waals surface area contributed by atoms with Crippen molar-refractivity contribution in [2.45, 2.75) is 31.6 Å². The van der Waals surface area contributed by atoms with Crippen LogP contribution in [0.15, 0.2) is 47.4 Å². The zero-order valence-electron chi connectivity index (χ0n) is 17.8. The number of carbonyl (C=O) groups is 2. The Morgan fingerprint density at radius 3 is 2.23 bits per heavy atom. The summed E-state index contributed by atoms with van der Waals surface area (Å²) in [7, 11) is -2.48. The number of ether oxygens (including phenoxy) is 1. The third kappa shape index (κ3) is 5.55. The molecule has 1 saturated heterocycles. The largest absolute Gasteiger partial charge is 0.496 e. The summed E-state index contributed by atoms with van der Waals surface area (Å²) in [6.07, 6.45) is 1.84. The van der Waals surface area contributed by atoms with Gasteiger partial charge in [-0.15, -0.1) is 0 Å². The average Bonchev–Trinajstić information content (AvgIpc) is 2.74. The fourth-order valence-corrected chi connectivity index (χ4v) is 4.53. The minimum atomic E-state index is -3.93. The molecule has 0 atom stereocenters. The highest BCUT2D eigenvalue weighted by molar-refractivity contribution is 7.92. The monoisotopic (exact) mass is 445 g/mol. The molecule has 166 valence electrons. The van der Waals surface area contributed by atoms with Crippen molar-refractivity contribution in [1.82, 2.24) is 4.90 Å². The van der Waals surface area contributed by atoms with E-state index < -0.39 is 10.0 Å². The Kier molecular flexibility index (Phi) is 6.84. The number of hydrogen-bond acceptors (Lipinski definition) is 5. The number of piperidine rings is 1. The molecule has 0 spiro atoms. The van der Waals surface area contributed by atoms with Crippen LogP contribution < -0.4 is 14.8 Å². The molecule has 1 heterocycles. The van der Waals surface area contributed by atoms with Gasteiger partial charge in [-0.3, -0.25) is 14.3 Å². The maximum absolute atomic E-state index is 13.0. The predicted molar refractivity (Wildman–Crippen MR) is 119 cm³/mol. The lowest BCUT2D eigenvalue weighted by Gasteiger charge is -2.30. The summed E-state index contributed by atoms with van der Waals surface area (Å²) in [5.41, 5.74) is 1.12. The second kappa shape index (κ2) is 9.38. The summed E-state index contributed by atoms with van der Waals surface area (Å²) >= 11 is 0. The molecule has 0 saturated carbocycles. The molecule has 3 rings (SSSR count). The van der Waals surface area contributed by atoms with Gasteiger partial charge in [0.2, 0.25) is 5.91 Å². The van der Waals surface area contributed by atoms with E-state index in [0.29, 0.717) is 36.1 Å². The Bertz CT molecular complexity index is 1060. The molecule has 1 fully saturated rings. The molecule has 0 unspecified atom stereocenters. The van der Waals surface area contributed by atoms with Gasteiger partial charge in [-0.2, -0.15) is 0 Å². The van der Waals surface area contributed by atoms with Gasteiger partial charge in [-0.05, 0) is 61.2 Å². The highest BCUT2D eigenvalue weighted by Crippen LogP contribution is 2.27. The maximum atomic E-state index is 13.0. The molecule has 1 aliphatic rings. The van der Waals surface area contributed by atoms with Crippen molar-refractivity contribution in [2.24, 2.45) is 5.92 Å². The number of nitrogens with one attached hydrogen (secondary N) is 2. The van der Waals surface area contributed by atoms with E-state index in [9.17, 15) is 18.0 Å². The fourth-order valence-electron chi connectivity index (χ4n) is 3.44. The third-order valence-electron chi connectivity index (χ3n) is 5.24. The smallest absolute Gasteiger partial charge is 0.261 e. The minimum absolute atomic E-state index is 0.0343. The van der Waals surface area contributed by atoms with Gasteiger partial charge in [0.25, 0.3) is 15.9 Å². The number of rotatable bonds is 6. The molecular weight excluding hydrogens is 418 g/mol. The molecule has 0 aromatic heterocycles. The molecule has 31 heavy (non-hydrogen) atoms. The molecule has 9 heteroatoms. The number of likely N-dealkylation sites (tertiary alicyclic amines) is 1. The molecular formula is C22H27N3O5S. The van der Waals surface area contributed by atoms with Gasteiger partial charge in [0.15, 0.2) is 0 Å². The van der Waals surface area contributed by atoms with Crippen LogP contribution >= 0.6 is 0 Å². The summed E-state index contributed by atoms with van der Waals surface area (Å²) in [5, 5.41) is 2.62. The van der Waals surface area contributed by atoms with Gasteiger partial charge >= 0.3 is 0 Å². The average molecular weight is 446 g/mol. The lowest BCUT2D eigenvalue weighted by Crippen LogP contribution is -2.38. The van der Waals surface area contributed by atoms with Gasteiger partial charge in [-0.1, -0.05) is 6.92 Å². The molecule has 2 N–H and O–H groups in total. The fraction of sp³-hybridized carbons (Fsp3) is 0.364. The number of sulfonamides is 1. The topological polar surface area (TPSA) is 105 Å². The lowest BCUT2D eigenvalue weighted by atomic mass is 9.98. The van der Waals surface area contributed by atoms with E-state index in [4.69, 9.17) is 4.74 Å². The van der Waals surface area contributed by atoms with Gasteiger partial charge in [-0.25, -0.2) is 8.42 Å². The number of nitrogens with zero attached hydrogens (tertiary/aromatic N) is 1. The summed E-state index contributed by atoms with van der Waals surface area (Å²) in [6.45, 7) is 4.83. The Balaban J connectivity index is 1.83. The minimum Gasteiger partial charge on any atom is -0.496 e. The van der Waals surface area contributed by atoms with E-state index >= 15 is 0 Å². The van der Waals surface area contributed by atoms with Crippen molar-refractivity contribution in [2.75, 3.05) is 30.2 Å². The first-order valence-corrected chi connectivity index (χ1v) is 11.6. The highest BCUT2D eigenvalue weighted by atomic mass is 32.2. The SMILES string of the molecule is COc1ccc(S(=O)(=O)Nc2ccc(NC(C)=O)cc2)cc1C(=O)N1CCC(C)CC1. The first kappa shape index (κ1) is 22.6. The molecule has 0 radical (unpaired) electrons. The normalized spacial score (nSPS) is 14.7. The Labute approximate surface area is 182 Å². The second-order valence-corrected chi connectivity index (χ2v) is 9.38. The van der Waals surface area contributed by atoms with Crippen LogP contribution in [0.4, 0.5) is 11.4 Å². The quantitative estimate of drug-likeness (QED) is 0.710. The van der Waals surface area contributed by atoms with Crippen LogP contribution in [0.25, 0.3) is 0 Å². The van der Waals surface area contributed by atoms with Crippen LogP contribution in [-0.4, -0.2) is 45.3 Å². The van der Waals surface area contributed by atoms with Crippen molar-refractivity contribution >= 4 is 33.2 Å². The molecule has 2 aromatic carbocycles. The molecule has 0 bridgehead atoms. The Morgan fingerprint density at radius 1 is 1.03 bits per heavy atom. The van der Waals surface area contributed by atoms with E-state index in [0.717, 1.165) is 12.8 Å². The molecule has 8 nitrogen and oxygen atoms in total. The van der Waals surface area contributed by atoms with E-state index in [1.807, 2.05) is 0 Å². The summed E-state index contributed by atoms with van der Waals surface area (Å²) in [5.74, 6) is 0.452. The Hall–Kier alpha value is -3.07. The van der Waals surface area contributed by atoms with Crippen molar-refractivity contribution in [3.63, 3.8) is 0 Å². The second-order valence-electron chi connectivity index (χ2n) is 7.70. The zero-order chi connectivity index (χ0) is 22.6. The van der Waals surface area contributed by atoms with Crippen molar-refractivity contribution in [1.29, 1.82) is 0 Å². The van der Waals surface area contributed by atoms with Crippen LogP contribution in [0, 0.1) is 5.92 Å². The van der Waals surface area contributed by atoms with E-state index in [2.05, 4.69) is 17.0 Å². The van der Waals surface area contributed by atoms with E-state index in [1.54, 1.807) is 29.2 Å². The van der Waals surface area contributed by atoms with Crippen LogP contribution in [-0.2, 0) is 14.8 Å². The van der Waals surface area contributed by atoms with Gasteiger partial charge in [0, 0.05) is 31.4 Å². The van der Waals surface area contributed by atoms with Gasteiger partial charge < -0.3 is 15.0 Å². The zero-order valence-corrected chi connectivity index (χ0v) is 18.7. The van der Waals surface area contributed by atoms with Crippen molar-refractivity contribution < 1.29 is 22.7 Å². The first-order valence-electron chi connectivity index (χ1n) is 10.1. The maximum Gasteiger partial charge on any atom is 0.261 e. The number of amides is 2. The van der Waals surface area contributed by atoms with Crippen molar-refractivity contribution in [3.05, 3.63) is 48.0 Å². The molecule has 0 aliphatic carbocycles. The van der Waals surface area contributed by atoms with E-state index in [1.165, 1.54) is 32.2 Å². The lowest BCUT2D eigenvalue weighted by molar-refractivity contribution is -0.114. The standard InChI is InChI=1S/C22H27N3O5S/c1-15-10-12-25(13-11-15)22(27)20-14-19(8-9-21(20)30-3)31(28,29)24-18-6-4-17(5-7-18)23-16(2)26/h4-9,14-15,24H,10-13H2,1-3H3,(H,23,26). The number of anilines is 2. The van der Waals surface area contributed by atoms with Crippen LogP contribution in [0.5, 0.6) is 5.75 Å². The Morgan fingerprint density at radius 2 is 1.65 bits per heavy atom. The number of hydrogen-bond donors (Lipinski definition) is 2. The van der Waals surface area contributed by atoms with Crippen LogP contribution in [0.1, 0.15) is 37.0 Å². The number of carbonyl (C=O) groups excluding carboxylic acids is 2. The summed E-state index contributed by atoms with van der Waals surface area (Å²) in [4.78, 5) is 25.9. The van der Waals surface area contributed by atoms with Gasteiger partial charge in [0.05, 0.1) is 17.6 Å². The number of methoxy groups -OCH3 is 1. The van der Waals surface area contributed by atoms with Gasteiger partial charge in [0.1, 0.15) is 5.75 Å². The molecule has 1 aliphatic heterocycles. The highest BCUT2D eigenvalue weighted by Gasteiger charge is 2.26. The molecule has 2 amide bonds. The van der Waals surface area contributed by atoms with E-state index in [-0.39, 0.29) is 22.3 Å².